The highest BCUT2D eigenvalue weighted by Gasteiger charge is 2.12. The van der Waals surface area contributed by atoms with E-state index in [9.17, 15) is 8.42 Å². The summed E-state index contributed by atoms with van der Waals surface area (Å²) in [6.07, 6.45) is 0. The van der Waals surface area contributed by atoms with Gasteiger partial charge in [-0.3, -0.25) is 0 Å². The van der Waals surface area contributed by atoms with Crippen molar-refractivity contribution in [2.75, 3.05) is 0 Å². The van der Waals surface area contributed by atoms with Crippen LogP contribution in [0.4, 0.5) is 0 Å². The van der Waals surface area contributed by atoms with E-state index >= 15 is 0 Å². The van der Waals surface area contributed by atoms with E-state index in [0.717, 1.165) is 5.56 Å². The molecule has 0 unspecified atom stereocenters. The second kappa shape index (κ2) is 6.91. The molecule has 0 saturated heterocycles. The first-order valence-corrected chi connectivity index (χ1v) is 8.56. The molecule has 0 heterocycles. The lowest BCUT2D eigenvalue weighted by Gasteiger charge is -2.01. The molecule has 0 aliphatic rings. The Bertz CT molecular complexity index is 653. The fourth-order valence-electron chi connectivity index (χ4n) is 1.61. The maximum Gasteiger partial charge on any atom is 0.261 e. The predicted octanol–water partition coefficient (Wildman–Crippen LogP) is 4.53. The van der Waals surface area contributed by atoms with Gasteiger partial charge in [0.25, 0.3) is 9.05 Å². The van der Waals surface area contributed by atoms with Crippen LogP contribution in [0.3, 0.4) is 0 Å². The van der Waals surface area contributed by atoms with Crippen LogP contribution in [-0.2, 0) is 9.05 Å². The Morgan fingerprint density at radius 1 is 0.750 bits per heavy atom. The molecule has 0 aromatic heterocycles. The van der Waals surface area contributed by atoms with E-state index < -0.39 is 9.05 Å². The van der Waals surface area contributed by atoms with Crippen LogP contribution < -0.4 is 0 Å². The highest BCUT2D eigenvalue weighted by atomic mass is 35.7. The smallest absolute Gasteiger partial charge is 0.207 e. The number of hydrogen-bond acceptors (Lipinski definition) is 2. The van der Waals surface area contributed by atoms with Gasteiger partial charge in [0.1, 0.15) is 0 Å². The molecule has 0 spiro atoms. The molecule has 2 aromatic rings. The van der Waals surface area contributed by atoms with Crippen molar-refractivity contribution in [1.29, 1.82) is 0 Å². The maximum atomic E-state index is 11.0. The quantitative estimate of drug-likeness (QED) is 0.725. The van der Waals surface area contributed by atoms with Crippen LogP contribution in [-0.4, -0.2) is 8.42 Å². The molecular weight excluding hydrogens is 292 g/mol. The fourth-order valence-corrected chi connectivity index (χ4v) is 2.88. The van der Waals surface area contributed by atoms with Crippen LogP contribution in [0, 0.1) is 27.7 Å². The van der Waals surface area contributed by atoms with E-state index in [1.165, 1.54) is 11.1 Å². The molecule has 2 nitrogen and oxygen atoms in total. The van der Waals surface area contributed by atoms with E-state index in [1.54, 1.807) is 19.1 Å². The molecule has 0 aliphatic heterocycles. The van der Waals surface area contributed by atoms with E-state index in [-0.39, 0.29) is 4.90 Å². The van der Waals surface area contributed by atoms with Crippen molar-refractivity contribution in [3.05, 3.63) is 64.7 Å². The Hall–Kier alpha value is -1.32. The third-order valence-electron chi connectivity index (χ3n) is 2.82. The van der Waals surface area contributed by atoms with Crippen LogP contribution in [0.1, 0.15) is 22.3 Å². The molecule has 4 heteroatoms. The van der Waals surface area contributed by atoms with Crippen molar-refractivity contribution in [2.45, 2.75) is 32.6 Å². The third-order valence-corrected chi connectivity index (χ3v) is 4.29. The normalized spacial score (nSPS) is 10.7. The Kier molecular flexibility index (Phi) is 5.78. The Labute approximate surface area is 125 Å². The van der Waals surface area contributed by atoms with Crippen molar-refractivity contribution in [1.82, 2.24) is 0 Å². The summed E-state index contributed by atoms with van der Waals surface area (Å²) in [5.74, 6) is 0. The Morgan fingerprint density at radius 2 is 1.15 bits per heavy atom. The molecule has 2 aromatic carbocycles. The molecule has 20 heavy (non-hydrogen) atoms. The molecule has 0 fully saturated rings. The molecule has 2 rings (SSSR count). The lowest BCUT2D eigenvalue weighted by atomic mass is 10.2. The number of hydrogen-bond donors (Lipinski definition) is 0. The van der Waals surface area contributed by atoms with Gasteiger partial charge in [-0.25, -0.2) is 8.42 Å². The summed E-state index contributed by atoms with van der Waals surface area (Å²) >= 11 is 0. The van der Waals surface area contributed by atoms with E-state index in [2.05, 4.69) is 38.1 Å². The van der Waals surface area contributed by atoms with Gasteiger partial charge in [0.05, 0.1) is 4.90 Å². The number of benzene rings is 2. The highest BCUT2D eigenvalue weighted by molar-refractivity contribution is 8.13. The summed E-state index contributed by atoms with van der Waals surface area (Å²) in [6, 6.07) is 13.6. The zero-order valence-electron chi connectivity index (χ0n) is 12.1. The van der Waals surface area contributed by atoms with Gasteiger partial charge in [-0.2, -0.15) is 0 Å². The van der Waals surface area contributed by atoms with E-state index in [4.69, 9.17) is 10.7 Å². The van der Waals surface area contributed by atoms with Gasteiger partial charge < -0.3 is 0 Å². The monoisotopic (exact) mass is 310 g/mol. The molecule has 0 saturated carbocycles. The van der Waals surface area contributed by atoms with E-state index in [0.29, 0.717) is 5.56 Å². The Morgan fingerprint density at radius 3 is 1.50 bits per heavy atom. The molecule has 0 aliphatic carbocycles. The molecule has 0 bridgehead atoms. The Balaban J connectivity index is 0.000000217. The van der Waals surface area contributed by atoms with Crippen LogP contribution in [0.5, 0.6) is 0 Å². The van der Waals surface area contributed by atoms with Crippen molar-refractivity contribution < 1.29 is 8.42 Å². The standard InChI is InChI=1S/C8H9ClO2S.C8H10/c1-6-3-4-7(2)8(5-6)12(9,10)11;1-7-3-5-8(2)6-4-7/h3-5H,1-2H3;3-6H,1-2H3. The number of rotatable bonds is 1. The average Bonchev–Trinajstić information content (AvgIpc) is 2.35. The summed E-state index contributed by atoms with van der Waals surface area (Å²) in [5, 5.41) is 0. The van der Waals surface area contributed by atoms with Gasteiger partial charge in [0.2, 0.25) is 0 Å². The fraction of sp³-hybridized carbons (Fsp3) is 0.250. The molecule has 0 amide bonds. The van der Waals surface area contributed by atoms with Crippen molar-refractivity contribution >= 4 is 19.7 Å². The van der Waals surface area contributed by atoms with Crippen LogP contribution >= 0.6 is 10.7 Å². The summed E-state index contributed by atoms with van der Waals surface area (Å²) in [4.78, 5) is 0.198. The highest BCUT2D eigenvalue weighted by Crippen LogP contribution is 2.20. The average molecular weight is 311 g/mol. The van der Waals surface area contributed by atoms with Gasteiger partial charge >= 0.3 is 0 Å². The molecular formula is C16H19ClO2S. The maximum absolute atomic E-state index is 11.0. The van der Waals surface area contributed by atoms with Gasteiger partial charge in [-0.15, -0.1) is 0 Å². The lowest BCUT2D eigenvalue weighted by Crippen LogP contribution is -1.94. The zero-order chi connectivity index (χ0) is 15.3. The van der Waals surface area contributed by atoms with Crippen LogP contribution in [0.2, 0.25) is 0 Å². The number of aryl methyl sites for hydroxylation is 4. The van der Waals surface area contributed by atoms with Gasteiger partial charge in [-0.05, 0) is 44.9 Å². The summed E-state index contributed by atoms with van der Waals surface area (Å²) < 4.78 is 21.9. The largest absolute Gasteiger partial charge is 0.261 e. The molecule has 108 valence electrons. The van der Waals surface area contributed by atoms with Gasteiger partial charge in [0.15, 0.2) is 0 Å². The second-order valence-corrected chi connectivity index (χ2v) is 7.40. The predicted molar refractivity (Wildman–Crippen MR) is 84.9 cm³/mol. The SMILES string of the molecule is Cc1ccc(C)c(S(=O)(=O)Cl)c1.Cc1ccc(C)cc1. The summed E-state index contributed by atoms with van der Waals surface area (Å²) in [6.45, 7) is 7.73. The number of halogens is 1. The van der Waals surface area contributed by atoms with Crippen LogP contribution in [0.25, 0.3) is 0 Å². The minimum atomic E-state index is -3.58. The van der Waals surface area contributed by atoms with E-state index in [1.807, 2.05) is 13.0 Å². The van der Waals surface area contributed by atoms with Crippen molar-refractivity contribution in [2.24, 2.45) is 0 Å². The summed E-state index contributed by atoms with van der Waals surface area (Å²) in [7, 11) is 1.62. The first-order chi connectivity index (χ1) is 9.20. The van der Waals surface area contributed by atoms with Crippen molar-refractivity contribution in [3.8, 4) is 0 Å². The lowest BCUT2D eigenvalue weighted by molar-refractivity contribution is 0.609. The molecule has 0 N–H and O–H groups in total. The molecule has 0 atom stereocenters. The zero-order valence-corrected chi connectivity index (χ0v) is 13.7. The molecule has 0 radical (unpaired) electrons. The second-order valence-electron chi connectivity index (χ2n) is 4.86. The van der Waals surface area contributed by atoms with Gasteiger partial charge in [0, 0.05) is 10.7 Å². The minimum absolute atomic E-state index is 0.198. The minimum Gasteiger partial charge on any atom is -0.207 e. The van der Waals surface area contributed by atoms with Crippen LogP contribution in [0.15, 0.2) is 47.4 Å². The van der Waals surface area contributed by atoms with Gasteiger partial charge in [-0.1, -0.05) is 47.5 Å². The first-order valence-electron chi connectivity index (χ1n) is 6.25. The van der Waals surface area contributed by atoms with Crippen molar-refractivity contribution in [3.63, 3.8) is 0 Å². The summed E-state index contributed by atoms with van der Waals surface area (Å²) in [5.41, 5.74) is 4.22. The third kappa shape index (κ3) is 5.35. The topological polar surface area (TPSA) is 34.1 Å². The first kappa shape index (κ1) is 16.7.